The van der Waals surface area contributed by atoms with Crippen LogP contribution in [0.1, 0.15) is 12.0 Å². The van der Waals surface area contributed by atoms with Crippen molar-refractivity contribution in [2.75, 3.05) is 32.1 Å². The third kappa shape index (κ3) is 6.38. The highest BCUT2D eigenvalue weighted by Gasteiger charge is 2.26. The standard InChI is InChI=1S/C25H27Cl2N5O2/c1-34-20-5-3-17(4-6-20)19-13-29-25(30-14-19)31-15-24(33)32-23(18-8-9-28-12-18)11-16-2-7-21(26)22(27)10-16/h2-7,10,13-14,18,23,28H,8-9,11-12,15H2,1H3,(H,32,33)(H,29,30,31). The molecule has 0 saturated carbocycles. The first kappa shape index (κ1) is 24.3. The van der Waals surface area contributed by atoms with E-state index >= 15 is 0 Å². The van der Waals surface area contributed by atoms with E-state index in [1.165, 1.54) is 0 Å². The lowest BCUT2D eigenvalue weighted by Crippen LogP contribution is -2.45. The Morgan fingerprint density at radius 2 is 1.88 bits per heavy atom. The molecule has 0 bridgehead atoms. The van der Waals surface area contributed by atoms with Gasteiger partial charge in [-0.3, -0.25) is 4.79 Å². The number of anilines is 1. The van der Waals surface area contributed by atoms with Crippen LogP contribution < -0.4 is 20.7 Å². The largest absolute Gasteiger partial charge is 0.497 e. The molecule has 2 aromatic carbocycles. The molecular formula is C25H27Cl2N5O2. The van der Waals surface area contributed by atoms with Crippen LogP contribution in [0.3, 0.4) is 0 Å². The highest BCUT2D eigenvalue weighted by atomic mass is 35.5. The van der Waals surface area contributed by atoms with Crippen LogP contribution in [0, 0.1) is 5.92 Å². The van der Waals surface area contributed by atoms with Crippen LogP contribution >= 0.6 is 23.2 Å². The van der Waals surface area contributed by atoms with E-state index in [0.717, 1.165) is 42.0 Å². The van der Waals surface area contributed by atoms with Crippen LogP contribution in [0.15, 0.2) is 54.9 Å². The predicted molar refractivity (Wildman–Crippen MR) is 136 cm³/mol. The molecule has 1 aromatic heterocycles. The van der Waals surface area contributed by atoms with Crippen LogP contribution in [-0.4, -0.2) is 48.7 Å². The molecule has 0 spiro atoms. The van der Waals surface area contributed by atoms with Gasteiger partial charge in [0.2, 0.25) is 11.9 Å². The van der Waals surface area contributed by atoms with Gasteiger partial charge in [0, 0.05) is 24.0 Å². The zero-order valence-corrected chi connectivity index (χ0v) is 20.4. The lowest BCUT2D eigenvalue weighted by atomic mass is 9.92. The normalized spacial score (nSPS) is 16.1. The number of nitrogens with zero attached hydrogens (tertiary/aromatic N) is 2. The second-order valence-electron chi connectivity index (χ2n) is 8.26. The van der Waals surface area contributed by atoms with Gasteiger partial charge >= 0.3 is 0 Å². The second-order valence-corrected chi connectivity index (χ2v) is 9.07. The van der Waals surface area contributed by atoms with Crippen molar-refractivity contribution < 1.29 is 9.53 Å². The number of nitrogens with one attached hydrogen (secondary N) is 3. The van der Waals surface area contributed by atoms with Crippen LogP contribution in [0.2, 0.25) is 10.0 Å². The molecule has 7 nitrogen and oxygen atoms in total. The number of carbonyl (C=O) groups is 1. The highest BCUT2D eigenvalue weighted by Crippen LogP contribution is 2.25. The van der Waals surface area contributed by atoms with Crippen molar-refractivity contribution >= 4 is 35.1 Å². The lowest BCUT2D eigenvalue weighted by Gasteiger charge is -2.25. The second kappa shape index (κ2) is 11.5. The molecule has 0 aliphatic carbocycles. The van der Waals surface area contributed by atoms with Crippen LogP contribution in [0.5, 0.6) is 5.75 Å². The SMILES string of the molecule is COc1ccc(-c2cnc(NCC(=O)NC(Cc3ccc(Cl)c(Cl)c3)C3CCNC3)nc2)cc1. The van der Waals surface area contributed by atoms with Crippen LogP contribution in [0.4, 0.5) is 5.95 Å². The van der Waals surface area contributed by atoms with Crippen molar-refractivity contribution in [3.05, 3.63) is 70.5 Å². The molecule has 2 atom stereocenters. The Labute approximate surface area is 209 Å². The average Bonchev–Trinajstić information content (AvgIpc) is 3.40. The van der Waals surface area contributed by atoms with Gasteiger partial charge < -0.3 is 20.7 Å². The van der Waals surface area contributed by atoms with Gasteiger partial charge in [0.05, 0.1) is 23.7 Å². The Morgan fingerprint density at radius 1 is 1.12 bits per heavy atom. The quantitative estimate of drug-likeness (QED) is 0.408. The summed E-state index contributed by atoms with van der Waals surface area (Å²) in [4.78, 5) is 21.4. The van der Waals surface area contributed by atoms with E-state index < -0.39 is 0 Å². The Kier molecular flexibility index (Phi) is 8.21. The number of aromatic nitrogens is 2. The maximum absolute atomic E-state index is 12.7. The molecule has 1 aliphatic rings. The van der Waals surface area contributed by atoms with E-state index in [9.17, 15) is 4.79 Å². The van der Waals surface area contributed by atoms with Gasteiger partial charge in [-0.25, -0.2) is 9.97 Å². The number of hydrogen-bond donors (Lipinski definition) is 3. The van der Waals surface area contributed by atoms with E-state index in [1.807, 2.05) is 36.4 Å². The topological polar surface area (TPSA) is 88.2 Å². The summed E-state index contributed by atoms with van der Waals surface area (Å²) in [7, 11) is 1.63. The summed E-state index contributed by atoms with van der Waals surface area (Å²) in [5.41, 5.74) is 2.91. The van der Waals surface area contributed by atoms with Gasteiger partial charge in [0.25, 0.3) is 0 Å². The first-order valence-electron chi connectivity index (χ1n) is 11.2. The Balaban J connectivity index is 1.34. The number of rotatable bonds is 9. The summed E-state index contributed by atoms with van der Waals surface area (Å²) in [6.07, 6.45) is 5.15. The lowest BCUT2D eigenvalue weighted by molar-refractivity contribution is -0.120. The van der Waals surface area contributed by atoms with E-state index in [2.05, 4.69) is 25.9 Å². The van der Waals surface area contributed by atoms with E-state index in [-0.39, 0.29) is 18.5 Å². The Bertz CT molecular complexity index is 1100. The zero-order valence-electron chi connectivity index (χ0n) is 18.9. The summed E-state index contributed by atoms with van der Waals surface area (Å²) in [5.74, 6) is 1.43. The first-order chi connectivity index (χ1) is 16.5. The van der Waals surface area contributed by atoms with Crippen molar-refractivity contribution in [1.29, 1.82) is 0 Å². The molecular weight excluding hydrogens is 473 g/mol. The van der Waals surface area contributed by atoms with Gasteiger partial charge in [0.1, 0.15) is 5.75 Å². The van der Waals surface area contributed by atoms with E-state index in [0.29, 0.717) is 28.3 Å². The monoisotopic (exact) mass is 499 g/mol. The summed E-state index contributed by atoms with van der Waals surface area (Å²) in [6, 6.07) is 13.3. The number of hydrogen-bond acceptors (Lipinski definition) is 6. The number of amides is 1. The molecule has 2 unspecified atom stereocenters. The summed E-state index contributed by atoms with van der Waals surface area (Å²) >= 11 is 12.2. The molecule has 1 amide bonds. The maximum atomic E-state index is 12.7. The van der Waals surface area contributed by atoms with E-state index in [4.69, 9.17) is 27.9 Å². The van der Waals surface area contributed by atoms with Gasteiger partial charge in [-0.2, -0.15) is 0 Å². The number of methoxy groups -OCH3 is 1. The fourth-order valence-electron chi connectivity index (χ4n) is 4.05. The molecule has 4 rings (SSSR count). The molecule has 1 aliphatic heterocycles. The minimum Gasteiger partial charge on any atom is -0.497 e. The van der Waals surface area contributed by atoms with Gasteiger partial charge in [-0.1, -0.05) is 41.4 Å². The van der Waals surface area contributed by atoms with Crippen molar-refractivity contribution in [3.8, 4) is 16.9 Å². The van der Waals surface area contributed by atoms with Crippen LogP contribution in [0.25, 0.3) is 11.1 Å². The summed E-state index contributed by atoms with van der Waals surface area (Å²) in [5, 5.41) is 10.6. The summed E-state index contributed by atoms with van der Waals surface area (Å²) < 4.78 is 5.19. The smallest absolute Gasteiger partial charge is 0.239 e. The van der Waals surface area contributed by atoms with Gasteiger partial charge in [-0.05, 0) is 67.2 Å². The average molecular weight is 500 g/mol. The number of carbonyl (C=O) groups excluding carboxylic acids is 1. The van der Waals surface area contributed by atoms with E-state index in [1.54, 1.807) is 25.6 Å². The first-order valence-corrected chi connectivity index (χ1v) is 11.9. The van der Waals surface area contributed by atoms with Gasteiger partial charge in [-0.15, -0.1) is 0 Å². The molecule has 1 fully saturated rings. The fraction of sp³-hybridized carbons (Fsp3) is 0.320. The fourth-order valence-corrected chi connectivity index (χ4v) is 4.37. The maximum Gasteiger partial charge on any atom is 0.239 e. The molecule has 2 heterocycles. The molecule has 1 saturated heterocycles. The highest BCUT2D eigenvalue weighted by molar-refractivity contribution is 6.42. The molecule has 0 radical (unpaired) electrons. The summed E-state index contributed by atoms with van der Waals surface area (Å²) in [6.45, 7) is 1.90. The van der Waals surface area contributed by atoms with Gasteiger partial charge in [0.15, 0.2) is 0 Å². The molecule has 9 heteroatoms. The third-order valence-electron chi connectivity index (χ3n) is 5.94. The van der Waals surface area contributed by atoms with Crippen molar-refractivity contribution in [2.45, 2.75) is 18.9 Å². The zero-order chi connectivity index (χ0) is 23.9. The van der Waals surface area contributed by atoms with Crippen molar-refractivity contribution in [2.24, 2.45) is 5.92 Å². The minimum absolute atomic E-state index is 0.0140. The minimum atomic E-state index is -0.111. The Hall–Kier alpha value is -2.87. The third-order valence-corrected chi connectivity index (χ3v) is 6.67. The molecule has 3 aromatic rings. The van der Waals surface area contributed by atoms with Crippen molar-refractivity contribution in [1.82, 2.24) is 20.6 Å². The van der Waals surface area contributed by atoms with Crippen molar-refractivity contribution in [3.63, 3.8) is 0 Å². The molecule has 34 heavy (non-hydrogen) atoms. The molecule has 178 valence electrons. The number of halogens is 2. The molecule has 3 N–H and O–H groups in total. The Morgan fingerprint density at radius 3 is 2.53 bits per heavy atom. The number of benzene rings is 2. The number of ether oxygens (including phenoxy) is 1. The predicted octanol–water partition coefficient (Wildman–Crippen LogP) is 4.21. The van der Waals surface area contributed by atoms with Crippen LogP contribution in [-0.2, 0) is 11.2 Å².